The van der Waals surface area contributed by atoms with Gasteiger partial charge in [0.15, 0.2) is 11.3 Å². The van der Waals surface area contributed by atoms with Crippen LogP contribution in [-0.4, -0.2) is 42.2 Å². The van der Waals surface area contributed by atoms with Crippen LogP contribution in [0.5, 0.6) is 0 Å². The lowest BCUT2D eigenvalue weighted by atomic mass is 10.3. The quantitative estimate of drug-likeness (QED) is 0.719. The monoisotopic (exact) mass is 348 g/mol. The molecule has 0 fully saturated rings. The van der Waals surface area contributed by atoms with Crippen molar-refractivity contribution in [1.29, 1.82) is 0 Å². The highest BCUT2D eigenvalue weighted by atomic mass is 79.9. The van der Waals surface area contributed by atoms with Crippen LogP contribution in [0.3, 0.4) is 0 Å². The lowest BCUT2D eigenvalue weighted by Crippen LogP contribution is -2.27. The summed E-state index contributed by atoms with van der Waals surface area (Å²) in [5.74, 6) is -0.173. The van der Waals surface area contributed by atoms with Crippen LogP contribution in [0.4, 0.5) is 0 Å². The van der Waals surface area contributed by atoms with Gasteiger partial charge in [-0.25, -0.2) is 9.50 Å². The third-order valence-electron chi connectivity index (χ3n) is 3.21. The highest BCUT2D eigenvalue weighted by Gasteiger charge is 2.22. The highest BCUT2D eigenvalue weighted by Crippen LogP contribution is 2.22. The number of amides is 1. The molecule has 108 valence electrons. The van der Waals surface area contributed by atoms with Crippen LogP contribution in [0.2, 0.25) is 0 Å². The van der Waals surface area contributed by atoms with E-state index in [1.54, 1.807) is 45.8 Å². The Balaban J connectivity index is 1.89. The SMILES string of the molecule is CN(Cc1ccnn1C)C(=O)c1nn2cccnc2c1Br. The van der Waals surface area contributed by atoms with Crippen LogP contribution in [-0.2, 0) is 13.6 Å². The molecule has 3 rings (SSSR count). The fourth-order valence-electron chi connectivity index (χ4n) is 2.05. The second kappa shape index (κ2) is 5.28. The molecular formula is C13H13BrN6O. The van der Waals surface area contributed by atoms with Gasteiger partial charge < -0.3 is 4.90 Å². The summed E-state index contributed by atoms with van der Waals surface area (Å²) in [5.41, 5.74) is 1.91. The van der Waals surface area contributed by atoms with Gasteiger partial charge in [0.2, 0.25) is 0 Å². The molecule has 7 nitrogen and oxygen atoms in total. The average Bonchev–Trinajstić information content (AvgIpc) is 3.03. The smallest absolute Gasteiger partial charge is 0.275 e. The maximum Gasteiger partial charge on any atom is 0.275 e. The Morgan fingerprint density at radius 1 is 1.43 bits per heavy atom. The molecule has 0 atom stereocenters. The highest BCUT2D eigenvalue weighted by molar-refractivity contribution is 9.10. The number of carbonyl (C=O) groups excluding carboxylic acids is 1. The van der Waals surface area contributed by atoms with E-state index in [4.69, 9.17) is 0 Å². The van der Waals surface area contributed by atoms with Gasteiger partial charge in [0.25, 0.3) is 5.91 Å². The normalized spacial score (nSPS) is 11.0. The van der Waals surface area contributed by atoms with Crippen molar-refractivity contribution in [3.05, 3.63) is 46.6 Å². The summed E-state index contributed by atoms with van der Waals surface area (Å²) < 4.78 is 3.92. The Bertz CT molecular complexity index is 808. The summed E-state index contributed by atoms with van der Waals surface area (Å²) in [6.45, 7) is 0.461. The van der Waals surface area contributed by atoms with Gasteiger partial charge in [0.1, 0.15) is 0 Å². The second-order valence-electron chi connectivity index (χ2n) is 4.66. The summed E-state index contributed by atoms with van der Waals surface area (Å²) >= 11 is 3.40. The zero-order valence-corrected chi connectivity index (χ0v) is 13.1. The predicted molar refractivity (Wildman–Crippen MR) is 79.7 cm³/mol. The van der Waals surface area contributed by atoms with E-state index in [2.05, 4.69) is 31.1 Å². The minimum absolute atomic E-state index is 0.173. The van der Waals surface area contributed by atoms with E-state index in [-0.39, 0.29) is 5.91 Å². The van der Waals surface area contributed by atoms with Gasteiger partial charge in [-0.05, 0) is 28.1 Å². The third kappa shape index (κ3) is 2.42. The predicted octanol–water partition coefficient (Wildman–Crippen LogP) is 1.50. The van der Waals surface area contributed by atoms with Crippen molar-refractivity contribution in [2.24, 2.45) is 7.05 Å². The maximum atomic E-state index is 12.5. The van der Waals surface area contributed by atoms with Gasteiger partial charge in [-0.3, -0.25) is 9.48 Å². The van der Waals surface area contributed by atoms with Crippen molar-refractivity contribution in [3.63, 3.8) is 0 Å². The molecule has 0 aliphatic carbocycles. The molecule has 21 heavy (non-hydrogen) atoms. The molecule has 0 saturated heterocycles. The molecule has 3 heterocycles. The minimum Gasteiger partial charge on any atom is -0.334 e. The fourth-order valence-corrected chi connectivity index (χ4v) is 2.58. The van der Waals surface area contributed by atoms with Crippen LogP contribution >= 0.6 is 15.9 Å². The molecule has 0 aromatic carbocycles. The zero-order chi connectivity index (χ0) is 15.0. The number of rotatable bonds is 3. The van der Waals surface area contributed by atoms with E-state index >= 15 is 0 Å². The number of hydrogen-bond acceptors (Lipinski definition) is 4. The number of carbonyl (C=O) groups is 1. The molecule has 0 saturated carbocycles. The van der Waals surface area contributed by atoms with Crippen molar-refractivity contribution in [1.82, 2.24) is 29.3 Å². The lowest BCUT2D eigenvalue weighted by molar-refractivity contribution is 0.0775. The number of halogens is 1. The van der Waals surface area contributed by atoms with Crippen molar-refractivity contribution < 1.29 is 4.79 Å². The molecule has 0 unspecified atom stereocenters. The van der Waals surface area contributed by atoms with Crippen LogP contribution < -0.4 is 0 Å². The molecule has 3 aromatic heterocycles. The Morgan fingerprint density at radius 2 is 2.24 bits per heavy atom. The molecule has 0 bridgehead atoms. The number of fused-ring (bicyclic) bond motifs is 1. The maximum absolute atomic E-state index is 12.5. The average molecular weight is 349 g/mol. The first-order chi connectivity index (χ1) is 10.1. The molecule has 0 aliphatic heterocycles. The number of aromatic nitrogens is 5. The first-order valence-corrected chi connectivity index (χ1v) is 7.08. The van der Waals surface area contributed by atoms with Gasteiger partial charge in [-0.15, -0.1) is 0 Å². The summed E-state index contributed by atoms with van der Waals surface area (Å²) in [6.07, 6.45) is 5.12. The summed E-state index contributed by atoms with van der Waals surface area (Å²) in [7, 11) is 3.58. The molecule has 1 amide bonds. The summed E-state index contributed by atoms with van der Waals surface area (Å²) in [4.78, 5) is 18.3. The van der Waals surface area contributed by atoms with Gasteiger partial charge in [-0.2, -0.15) is 10.2 Å². The Labute approximate surface area is 129 Å². The minimum atomic E-state index is -0.173. The van der Waals surface area contributed by atoms with Crippen molar-refractivity contribution in [2.75, 3.05) is 7.05 Å². The van der Waals surface area contributed by atoms with Crippen LogP contribution in [0.1, 0.15) is 16.2 Å². The molecule has 8 heteroatoms. The van der Waals surface area contributed by atoms with Gasteiger partial charge in [0, 0.05) is 32.7 Å². The largest absolute Gasteiger partial charge is 0.334 e. The summed E-state index contributed by atoms with van der Waals surface area (Å²) in [6, 6.07) is 3.64. The van der Waals surface area contributed by atoms with E-state index < -0.39 is 0 Å². The Hall–Kier alpha value is -2.22. The molecule has 0 aliphatic rings. The summed E-state index contributed by atoms with van der Waals surface area (Å²) in [5, 5.41) is 8.37. The van der Waals surface area contributed by atoms with E-state index in [9.17, 15) is 4.79 Å². The van der Waals surface area contributed by atoms with Gasteiger partial charge in [-0.1, -0.05) is 0 Å². The Kier molecular flexibility index (Phi) is 3.46. The molecular weight excluding hydrogens is 336 g/mol. The topological polar surface area (TPSA) is 68.3 Å². The molecule has 3 aromatic rings. The number of hydrogen-bond donors (Lipinski definition) is 0. The molecule has 0 spiro atoms. The molecule has 0 N–H and O–H groups in total. The van der Waals surface area contributed by atoms with Crippen LogP contribution in [0, 0.1) is 0 Å². The number of nitrogens with zero attached hydrogens (tertiary/aromatic N) is 6. The van der Waals surface area contributed by atoms with Crippen LogP contribution in [0.15, 0.2) is 35.2 Å². The van der Waals surface area contributed by atoms with Crippen LogP contribution in [0.25, 0.3) is 5.65 Å². The van der Waals surface area contributed by atoms with Crippen molar-refractivity contribution >= 4 is 27.5 Å². The van der Waals surface area contributed by atoms with E-state index in [0.29, 0.717) is 22.4 Å². The van der Waals surface area contributed by atoms with Crippen molar-refractivity contribution in [2.45, 2.75) is 6.54 Å². The first kappa shape index (κ1) is 13.7. The Morgan fingerprint density at radius 3 is 2.90 bits per heavy atom. The molecule has 0 radical (unpaired) electrons. The third-order valence-corrected chi connectivity index (χ3v) is 3.94. The fraction of sp³-hybridized carbons (Fsp3) is 0.231. The van der Waals surface area contributed by atoms with E-state index in [0.717, 1.165) is 5.69 Å². The standard InChI is InChI=1S/C13H13BrN6O/c1-18(8-9-4-6-16-19(9)2)13(21)11-10(14)12-15-5-3-7-20(12)17-11/h3-7H,8H2,1-2H3. The van der Waals surface area contributed by atoms with E-state index in [1.165, 1.54) is 0 Å². The number of aryl methyl sites for hydroxylation is 1. The van der Waals surface area contributed by atoms with E-state index in [1.807, 2.05) is 13.1 Å². The van der Waals surface area contributed by atoms with Crippen molar-refractivity contribution in [3.8, 4) is 0 Å². The van der Waals surface area contributed by atoms with Gasteiger partial charge in [0.05, 0.1) is 16.7 Å². The second-order valence-corrected chi connectivity index (χ2v) is 5.45. The first-order valence-electron chi connectivity index (χ1n) is 6.29. The van der Waals surface area contributed by atoms with Gasteiger partial charge >= 0.3 is 0 Å². The lowest BCUT2D eigenvalue weighted by Gasteiger charge is -2.15. The zero-order valence-electron chi connectivity index (χ0n) is 11.6.